The molecule has 0 spiro atoms. The molecule has 0 unspecified atom stereocenters. The summed E-state index contributed by atoms with van der Waals surface area (Å²) in [7, 11) is -3.36. The van der Waals surface area contributed by atoms with Gasteiger partial charge >= 0.3 is 0 Å². The van der Waals surface area contributed by atoms with E-state index in [0.29, 0.717) is 13.0 Å². The Balaban J connectivity index is 2.67. The highest BCUT2D eigenvalue weighted by Crippen LogP contribution is 2.30. The van der Waals surface area contributed by atoms with Gasteiger partial charge in [-0.25, -0.2) is 0 Å². The lowest BCUT2D eigenvalue weighted by atomic mass is 9.90. The summed E-state index contributed by atoms with van der Waals surface area (Å²) in [6, 6.07) is 0. The van der Waals surface area contributed by atoms with Crippen LogP contribution in [-0.2, 0) is 19.0 Å². The van der Waals surface area contributed by atoms with E-state index >= 15 is 0 Å². The minimum absolute atomic E-state index is 0.123. The molecule has 1 rings (SSSR count). The lowest BCUT2D eigenvalue weighted by molar-refractivity contribution is -0.115. The summed E-state index contributed by atoms with van der Waals surface area (Å²) in [5.41, 5.74) is -0.290. The minimum Gasteiger partial charge on any atom is -0.375 e. The first-order valence-corrected chi connectivity index (χ1v) is 6.53. The zero-order chi connectivity index (χ0) is 11.0. The van der Waals surface area contributed by atoms with Gasteiger partial charge in [-0.3, -0.25) is 4.18 Å². The number of hydrogen-bond acceptors (Lipinski definition) is 4. The molecular formula is C9H18O4S. The van der Waals surface area contributed by atoms with Gasteiger partial charge in [-0.1, -0.05) is 6.92 Å². The fourth-order valence-electron chi connectivity index (χ4n) is 1.56. The van der Waals surface area contributed by atoms with Crippen LogP contribution in [0.2, 0.25) is 0 Å². The molecule has 0 aromatic rings. The number of hydrogen-bond donors (Lipinski definition) is 0. The summed E-state index contributed by atoms with van der Waals surface area (Å²) < 4.78 is 32.6. The third-order valence-electron chi connectivity index (χ3n) is 2.36. The van der Waals surface area contributed by atoms with Gasteiger partial charge in [-0.15, -0.1) is 0 Å². The van der Waals surface area contributed by atoms with E-state index in [1.807, 2.05) is 20.8 Å². The van der Waals surface area contributed by atoms with Gasteiger partial charge in [0.15, 0.2) is 0 Å². The second-order valence-corrected chi connectivity index (χ2v) is 6.19. The maximum Gasteiger partial charge on any atom is 0.264 e. The molecule has 0 amide bonds. The molecule has 4 nitrogen and oxygen atoms in total. The predicted molar refractivity (Wildman–Crippen MR) is 53.5 cm³/mol. The average molecular weight is 222 g/mol. The molecule has 1 saturated heterocycles. The Kier molecular flexibility index (Phi) is 3.23. The lowest BCUT2D eigenvalue weighted by Gasteiger charge is -2.38. The molecule has 2 atom stereocenters. The third kappa shape index (κ3) is 3.55. The molecule has 0 aliphatic carbocycles. The van der Waals surface area contributed by atoms with Crippen molar-refractivity contribution >= 4 is 10.1 Å². The standard InChI is InChI=1S/C9H18O4S/c1-7-6-12-9(2,3)5-8(7)13-14(4,10)11/h7-8H,5-6H2,1-4H3/t7-,8-/m1/s1. The Labute approximate surface area is 85.7 Å². The van der Waals surface area contributed by atoms with Crippen LogP contribution >= 0.6 is 0 Å². The first-order valence-electron chi connectivity index (χ1n) is 4.72. The van der Waals surface area contributed by atoms with Crippen LogP contribution < -0.4 is 0 Å². The fraction of sp³-hybridized carbons (Fsp3) is 1.00. The Morgan fingerprint density at radius 1 is 1.43 bits per heavy atom. The highest BCUT2D eigenvalue weighted by molar-refractivity contribution is 7.86. The van der Waals surface area contributed by atoms with E-state index in [1.54, 1.807) is 0 Å². The van der Waals surface area contributed by atoms with Crippen LogP contribution in [0, 0.1) is 5.92 Å². The normalized spacial score (nSPS) is 32.9. The Morgan fingerprint density at radius 2 is 2.00 bits per heavy atom. The molecule has 0 aromatic carbocycles. The van der Waals surface area contributed by atoms with E-state index in [9.17, 15) is 8.42 Å². The van der Waals surface area contributed by atoms with E-state index in [4.69, 9.17) is 8.92 Å². The molecule has 14 heavy (non-hydrogen) atoms. The Hall–Kier alpha value is -0.130. The van der Waals surface area contributed by atoms with Gasteiger partial charge in [0.05, 0.1) is 24.6 Å². The van der Waals surface area contributed by atoms with Crippen molar-refractivity contribution in [2.75, 3.05) is 12.9 Å². The lowest BCUT2D eigenvalue weighted by Crippen LogP contribution is -2.43. The molecule has 84 valence electrons. The number of rotatable bonds is 2. The van der Waals surface area contributed by atoms with Crippen LogP contribution in [0.15, 0.2) is 0 Å². The SMILES string of the molecule is C[C@@H]1COC(C)(C)C[C@H]1OS(C)(=O)=O. The number of ether oxygens (including phenoxy) is 1. The van der Waals surface area contributed by atoms with Crippen molar-refractivity contribution in [3.05, 3.63) is 0 Å². The Morgan fingerprint density at radius 3 is 2.50 bits per heavy atom. The molecule has 0 bridgehead atoms. The summed E-state index contributed by atoms with van der Waals surface area (Å²) in [4.78, 5) is 0. The smallest absolute Gasteiger partial charge is 0.264 e. The molecule has 5 heteroatoms. The summed E-state index contributed by atoms with van der Waals surface area (Å²) in [6.07, 6.45) is 1.44. The first kappa shape index (κ1) is 11.9. The zero-order valence-electron chi connectivity index (χ0n) is 9.11. The van der Waals surface area contributed by atoms with Crippen LogP contribution in [0.1, 0.15) is 27.2 Å². The van der Waals surface area contributed by atoms with Crippen molar-refractivity contribution in [1.29, 1.82) is 0 Å². The van der Waals surface area contributed by atoms with Crippen LogP contribution in [-0.4, -0.2) is 33.0 Å². The van der Waals surface area contributed by atoms with Crippen LogP contribution in [0.3, 0.4) is 0 Å². The molecule has 0 aromatic heterocycles. The monoisotopic (exact) mass is 222 g/mol. The molecule has 1 heterocycles. The molecule has 1 aliphatic heterocycles. The first-order chi connectivity index (χ1) is 6.20. The molecule has 1 fully saturated rings. The summed E-state index contributed by atoms with van der Waals surface area (Å²) in [5, 5.41) is 0. The van der Waals surface area contributed by atoms with E-state index in [-0.39, 0.29) is 17.6 Å². The van der Waals surface area contributed by atoms with Crippen molar-refractivity contribution in [3.63, 3.8) is 0 Å². The highest BCUT2D eigenvalue weighted by atomic mass is 32.2. The summed E-state index contributed by atoms with van der Waals surface area (Å²) in [6.45, 7) is 6.37. The molecule has 0 radical (unpaired) electrons. The van der Waals surface area contributed by atoms with Crippen molar-refractivity contribution in [3.8, 4) is 0 Å². The third-order valence-corrected chi connectivity index (χ3v) is 2.96. The second kappa shape index (κ2) is 3.79. The van der Waals surface area contributed by atoms with Crippen molar-refractivity contribution < 1.29 is 17.3 Å². The van der Waals surface area contributed by atoms with Crippen LogP contribution in [0.4, 0.5) is 0 Å². The molecular weight excluding hydrogens is 204 g/mol. The van der Waals surface area contributed by atoms with Gasteiger partial charge in [0.25, 0.3) is 10.1 Å². The van der Waals surface area contributed by atoms with Gasteiger partial charge in [0, 0.05) is 12.3 Å². The van der Waals surface area contributed by atoms with Gasteiger partial charge in [-0.2, -0.15) is 8.42 Å². The Bertz CT molecular complexity index is 294. The van der Waals surface area contributed by atoms with Gasteiger partial charge in [-0.05, 0) is 13.8 Å². The van der Waals surface area contributed by atoms with E-state index in [2.05, 4.69) is 0 Å². The molecule has 1 aliphatic rings. The average Bonchev–Trinajstić information content (AvgIpc) is 1.93. The maximum absolute atomic E-state index is 11.0. The maximum atomic E-state index is 11.0. The van der Waals surface area contributed by atoms with Crippen LogP contribution in [0.25, 0.3) is 0 Å². The molecule has 0 N–H and O–H groups in total. The largest absolute Gasteiger partial charge is 0.375 e. The molecule has 0 saturated carbocycles. The summed E-state index contributed by atoms with van der Waals surface area (Å²) in [5.74, 6) is 0.123. The van der Waals surface area contributed by atoms with Crippen molar-refractivity contribution in [2.45, 2.75) is 38.9 Å². The highest BCUT2D eigenvalue weighted by Gasteiger charge is 2.35. The van der Waals surface area contributed by atoms with E-state index < -0.39 is 10.1 Å². The minimum atomic E-state index is -3.36. The van der Waals surface area contributed by atoms with Crippen molar-refractivity contribution in [2.24, 2.45) is 5.92 Å². The fourth-order valence-corrected chi connectivity index (χ4v) is 2.27. The van der Waals surface area contributed by atoms with Crippen LogP contribution in [0.5, 0.6) is 0 Å². The summed E-state index contributed by atoms with van der Waals surface area (Å²) >= 11 is 0. The predicted octanol–water partition coefficient (Wildman–Crippen LogP) is 1.17. The quantitative estimate of drug-likeness (QED) is 0.658. The topological polar surface area (TPSA) is 52.6 Å². The second-order valence-electron chi connectivity index (χ2n) is 4.59. The van der Waals surface area contributed by atoms with Crippen molar-refractivity contribution in [1.82, 2.24) is 0 Å². The van der Waals surface area contributed by atoms with Gasteiger partial charge in [0.2, 0.25) is 0 Å². The van der Waals surface area contributed by atoms with Gasteiger partial charge in [0.1, 0.15) is 0 Å². The van der Waals surface area contributed by atoms with E-state index in [0.717, 1.165) is 6.26 Å². The zero-order valence-corrected chi connectivity index (χ0v) is 9.93. The van der Waals surface area contributed by atoms with Gasteiger partial charge < -0.3 is 4.74 Å². The van der Waals surface area contributed by atoms with E-state index in [1.165, 1.54) is 0 Å².